The van der Waals surface area contributed by atoms with Gasteiger partial charge in [-0.3, -0.25) is 9.69 Å². The number of nitriles is 1. The van der Waals surface area contributed by atoms with Gasteiger partial charge < -0.3 is 10.1 Å². The molecule has 2 atom stereocenters. The molecule has 0 heterocycles. The highest BCUT2D eigenvalue weighted by atomic mass is 16.5. The number of ether oxygens (including phenoxy) is 1. The van der Waals surface area contributed by atoms with Crippen LogP contribution in [0.4, 0.5) is 0 Å². The average Bonchev–Trinajstić information content (AvgIpc) is 2.34. The molecule has 0 aliphatic carbocycles. The number of hydrogen-bond donors (Lipinski definition) is 1. The van der Waals surface area contributed by atoms with Crippen LogP contribution in [-0.4, -0.2) is 50.1 Å². The van der Waals surface area contributed by atoms with Crippen molar-refractivity contribution in [3.63, 3.8) is 0 Å². The minimum Gasteiger partial charge on any atom is -0.467 e. The molecule has 2 unspecified atom stereocenters. The molecule has 0 aliphatic rings. The predicted octanol–water partition coefficient (Wildman–Crippen LogP) is 0.146. The maximum Gasteiger partial charge on any atom is 0.328 e. The van der Waals surface area contributed by atoms with Crippen molar-refractivity contribution in [3.8, 4) is 6.07 Å². The van der Waals surface area contributed by atoms with Crippen molar-refractivity contribution >= 4 is 11.9 Å². The first-order chi connectivity index (χ1) is 8.46. The van der Waals surface area contributed by atoms with Crippen LogP contribution in [0.25, 0.3) is 0 Å². The molecule has 6 heteroatoms. The summed E-state index contributed by atoms with van der Waals surface area (Å²) in [4.78, 5) is 24.8. The van der Waals surface area contributed by atoms with Gasteiger partial charge in [-0.25, -0.2) is 4.79 Å². The summed E-state index contributed by atoms with van der Waals surface area (Å²) in [6, 6.07) is 1.31. The Morgan fingerprint density at radius 3 is 2.56 bits per heavy atom. The number of hydrogen-bond acceptors (Lipinski definition) is 5. The van der Waals surface area contributed by atoms with Crippen LogP contribution in [0.3, 0.4) is 0 Å². The van der Waals surface area contributed by atoms with Crippen LogP contribution in [0.5, 0.6) is 0 Å². The number of rotatable bonds is 7. The summed E-state index contributed by atoms with van der Waals surface area (Å²) in [7, 11) is 2.96. The topological polar surface area (TPSA) is 82.4 Å². The van der Waals surface area contributed by atoms with Gasteiger partial charge in [-0.1, -0.05) is 20.3 Å². The normalized spacial score (nSPS) is 13.6. The highest BCUT2D eigenvalue weighted by Gasteiger charge is 2.26. The Morgan fingerprint density at radius 2 is 2.11 bits per heavy atom. The van der Waals surface area contributed by atoms with E-state index < -0.39 is 12.0 Å². The van der Waals surface area contributed by atoms with Gasteiger partial charge in [0.15, 0.2) is 0 Å². The zero-order valence-corrected chi connectivity index (χ0v) is 11.4. The number of methoxy groups -OCH3 is 1. The smallest absolute Gasteiger partial charge is 0.328 e. The fourth-order valence-electron chi connectivity index (χ4n) is 1.44. The second kappa shape index (κ2) is 8.48. The summed E-state index contributed by atoms with van der Waals surface area (Å²) < 4.78 is 4.67. The Balaban J connectivity index is 4.45. The number of carbonyl (C=O) groups excluding carboxylic acids is 2. The minimum absolute atomic E-state index is 0.00247. The molecule has 0 aliphatic heterocycles. The van der Waals surface area contributed by atoms with E-state index in [9.17, 15) is 9.59 Å². The van der Waals surface area contributed by atoms with Crippen LogP contribution in [0.2, 0.25) is 0 Å². The SMILES string of the molecule is CCC(C)C(NC(=O)CN(C)CC#N)C(=O)OC. The van der Waals surface area contributed by atoms with Gasteiger partial charge in [-0.2, -0.15) is 5.26 Å². The molecule has 0 fully saturated rings. The van der Waals surface area contributed by atoms with Crippen molar-refractivity contribution in [1.82, 2.24) is 10.2 Å². The summed E-state index contributed by atoms with van der Waals surface area (Å²) in [5.41, 5.74) is 0. The summed E-state index contributed by atoms with van der Waals surface area (Å²) in [6.45, 7) is 4.06. The number of esters is 1. The fourth-order valence-corrected chi connectivity index (χ4v) is 1.44. The number of likely N-dealkylation sites (N-methyl/N-ethyl adjacent to an activating group) is 1. The van der Waals surface area contributed by atoms with Crippen molar-refractivity contribution in [3.05, 3.63) is 0 Å². The monoisotopic (exact) mass is 255 g/mol. The van der Waals surface area contributed by atoms with Gasteiger partial charge in [0.25, 0.3) is 0 Å². The van der Waals surface area contributed by atoms with Crippen molar-refractivity contribution in [1.29, 1.82) is 5.26 Å². The summed E-state index contributed by atoms with van der Waals surface area (Å²) in [5.74, 6) is -0.730. The lowest BCUT2D eigenvalue weighted by molar-refractivity contribution is -0.146. The van der Waals surface area contributed by atoms with E-state index in [-0.39, 0.29) is 24.9 Å². The fraction of sp³-hybridized carbons (Fsp3) is 0.750. The zero-order chi connectivity index (χ0) is 14.1. The molecule has 6 nitrogen and oxygen atoms in total. The van der Waals surface area contributed by atoms with Crippen LogP contribution in [0, 0.1) is 17.2 Å². The lowest BCUT2D eigenvalue weighted by Gasteiger charge is -2.23. The maximum absolute atomic E-state index is 11.7. The standard InChI is InChI=1S/C12H21N3O3/c1-5-9(2)11(12(17)18-4)14-10(16)8-15(3)7-6-13/h9,11H,5,7-8H2,1-4H3,(H,14,16). The summed E-state index contributed by atoms with van der Waals surface area (Å²) in [5, 5.41) is 11.1. The number of carbonyl (C=O) groups is 2. The van der Waals surface area contributed by atoms with Crippen molar-refractivity contribution in [2.75, 3.05) is 27.2 Å². The van der Waals surface area contributed by atoms with Gasteiger partial charge in [-0.05, 0) is 13.0 Å². The van der Waals surface area contributed by atoms with Gasteiger partial charge >= 0.3 is 5.97 Å². The predicted molar refractivity (Wildman–Crippen MR) is 66.5 cm³/mol. The van der Waals surface area contributed by atoms with Crippen LogP contribution in [0.15, 0.2) is 0 Å². The van der Waals surface area contributed by atoms with E-state index in [1.54, 1.807) is 11.9 Å². The van der Waals surface area contributed by atoms with Crippen LogP contribution >= 0.6 is 0 Å². The van der Waals surface area contributed by atoms with Gasteiger partial charge in [-0.15, -0.1) is 0 Å². The van der Waals surface area contributed by atoms with E-state index in [1.807, 2.05) is 19.9 Å². The van der Waals surface area contributed by atoms with Crippen LogP contribution in [0.1, 0.15) is 20.3 Å². The lowest BCUT2D eigenvalue weighted by Crippen LogP contribution is -2.48. The Bertz CT molecular complexity index is 325. The van der Waals surface area contributed by atoms with Gasteiger partial charge in [0.1, 0.15) is 6.04 Å². The molecule has 0 saturated heterocycles. The molecule has 0 aromatic rings. The third kappa shape index (κ3) is 5.64. The van der Waals surface area contributed by atoms with Crippen molar-refractivity contribution in [2.45, 2.75) is 26.3 Å². The van der Waals surface area contributed by atoms with Crippen molar-refractivity contribution in [2.24, 2.45) is 5.92 Å². The van der Waals surface area contributed by atoms with Gasteiger partial charge in [0.2, 0.25) is 5.91 Å². The number of nitrogens with zero attached hydrogens (tertiary/aromatic N) is 2. The quantitative estimate of drug-likeness (QED) is 0.517. The first kappa shape index (κ1) is 16.4. The van der Waals surface area contributed by atoms with E-state index in [4.69, 9.17) is 5.26 Å². The Labute approximate surface area is 108 Å². The number of nitrogens with one attached hydrogen (secondary N) is 1. The molecule has 0 aromatic heterocycles. The molecule has 0 rings (SSSR count). The number of amides is 1. The maximum atomic E-state index is 11.7. The molecule has 102 valence electrons. The largest absolute Gasteiger partial charge is 0.467 e. The molecule has 18 heavy (non-hydrogen) atoms. The van der Waals surface area contributed by atoms with E-state index in [1.165, 1.54) is 7.11 Å². The van der Waals surface area contributed by atoms with Crippen LogP contribution in [-0.2, 0) is 14.3 Å². The molecular weight excluding hydrogens is 234 g/mol. The van der Waals surface area contributed by atoms with E-state index in [0.717, 1.165) is 6.42 Å². The molecule has 0 saturated carbocycles. The molecule has 0 spiro atoms. The lowest BCUT2D eigenvalue weighted by atomic mass is 9.99. The Hall–Kier alpha value is -1.61. The van der Waals surface area contributed by atoms with Crippen molar-refractivity contribution < 1.29 is 14.3 Å². The third-order valence-electron chi connectivity index (χ3n) is 2.74. The molecule has 1 N–H and O–H groups in total. The van der Waals surface area contributed by atoms with Gasteiger partial charge in [0, 0.05) is 0 Å². The van der Waals surface area contributed by atoms with E-state index in [2.05, 4.69) is 10.1 Å². The van der Waals surface area contributed by atoms with E-state index >= 15 is 0 Å². The Kier molecular flexibility index (Phi) is 7.72. The molecule has 1 amide bonds. The molecule has 0 aromatic carbocycles. The summed E-state index contributed by atoms with van der Waals surface area (Å²) >= 11 is 0. The first-order valence-corrected chi connectivity index (χ1v) is 5.88. The first-order valence-electron chi connectivity index (χ1n) is 5.88. The zero-order valence-electron chi connectivity index (χ0n) is 11.4. The Morgan fingerprint density at radius 1 is 1.50 bits per heavy atom. The minimum atomic E-state index is -0.636. The third-order valence-corrected chi connectivity index (χ3v) is 2.74. The highest BCUT2D eigenvalue weighted by molar-refractivity contribution is 5.85. The van der Waals surface area contributed by atoms with Crippen LogP contribution < -0.4 is 5.32 Å². The average molecular weight is 255 g/mol. The molecular formula is C12H21N3O3. The molecule has 0 radical (unpaired) electrons. The summed E-state index contributed by atoms with van der Waals surface area (Å²) in [6.07, 6.45) is 0.758. The molecule has 0 bridgehead atoms. The van der Waals surface area contributed by atoms with E-state index in [0.29, 0.717) is 0 Å². The highest BCUT2D eigenvalue weighted by Crippen LogP contribution is 2.09. The van der Waals surface area contributed by atoms with Gasteiger partial charge in [0.05, 0.1) is 26.3 Å². The second-order valence-electron chi connectivity index (χ2n) is 4.28. The second-order valence-corrected chi connectivity index (χ2v) is 4.28.